The minimum absolute atomic E-state index is 0.0590. The van der Waals surface area contributed by atoms with E-state index in [9.17, 15) is 138 Å². The van der Waals surface area contributed by atoms with Crippen LogP contribution in [0.4, 0.5) is 123 Å². The summed E-state index contributed by atoms with van der Waals surface area (Å²) in [7, 11) is 0. The molecule has 0 amide bonds. The zero-order valence-electron chi connectivity index (χ0n) is 37.5. The van der Waals surface area contributed by atoms with Gasteiger partial charge in [0, 0.05) is 13.2 Å². The van der Waals surface area contributed by atoms with Gasteiger partial charge in [-0.2, -0.15) is 123 Å². The molecule has 0 aromatic heterocycles. The van der Waals surface area contributed by atoms with E-state index in [0.29, 0.717) is 0 Å². The van der Waals surface area contributed by atoms with Crippen LogP contribution in [0.2, 0.25) is 0 Å². The van der Waals surface area contributed by atoms with E-state index in [-0.39, 0.29) is 64.6 Å². The van der Waals surface area contributed by atoms with Crippen molar-refractivity contribution in [2.45, 2.75) is 154 Å². The molecule has 41 heteroatoms. The first-order valence-corrected chi connectivity index (χ1v) is 20.5. The summed E-state index contributed by atoms with van der Waals surface area (Å²) in [5, 5.41) is 45.7. The highest BCUT2D eigenvalue weighted by molar-refractivity contribution is 4.93. The molecule has 0 saturated heterocycles. The second kappa shape index (κ2) is 27.3. The minimum atomic E-state index is -8.07. The van der Waals surface area contributed by atoms with Crippen molar-refractivity contribution in [1.82, 2.24) is 0 Å². The molecule has 0 saturated carbocycles. The molecule has 0 bridgehead atoms. The lowest BCUT2D eigenvalue weighted by Gasteiger charge is -2.37. The van der Waals surface area contributed by atoms with Crippen LogP contribution in [-0.2, 0) is 37.9 Å². The van der Waals surface area contributed by atoms with Crippen LogP contribution < -0.4 is 0 Å². The van der Waals surface area contributed by atoms with Crippen molar-refractivity contribution in [3.8, 4) is 0 Å². The van der Waals surface area contributed by atoms with Gasteiger partial charge in [0.05, 0.1) is 38.6 Å². The third-order valence-corrected chi connectivity index (χ3v) is 8.96. The molecule has 458 valence electrons. The Kier molecular flexibility index (Phi) is 26.4. The fraction of sp³-hybridized carbons (Fsp3) is 1.00. The van der Waals surface area contributed by atoms with Gasteiger partial charge in [-0.05, 0) is 25.7 Å². The molecule has 0 aromatic carbocycles. The third-order valence-electron chi connectivity index (χ3n) is 8.96. The van der Waals surface area contributed by atoms with Crippen LogP contribution in [0.3, 0.4) is 0 Å². The Balaban J connectivity index is 5.62. The minimum Gasteiger partial charge on any atom is -0.396 e. The fourth-order valence-electron chi connectivity index (χ4n) is 4.72. The predicted molar refractivity (Wildman–Crippen MR) is 186 cm³/mol. The predicted octanol–water partition coefficient (Wildman–Crippen LogP) is 8.86. The van der Waals surface area contributed by atoms with Crippen LogP contribution in [0.1, 0.15) is 51.4 Å². The van der Waals surface area contributed by atoms with Gasteiger partial charge in [0.25, 0.3) is 0 Å². The Bertz CT molecular complexity index is 1580. The van der Waals surface area contributed by atoms with E-state index in [2.05, 4.69) is 18.9 Å². The Labute approximate surface area is 407 Å². The number of aliphatic hydroxyl groups is 5. The van der Waals surface area contributed by atoms with E-state index in [1.165, 1.54) is 0 Å². The van der Waals surface area contributed by atoms with Crippen LogP contribution in [0, 0.1) is 0 Å². The average molecular weight is 1200 g/mol. The SMILES string of the molecule is OCCCCCC(O)COCC(F)(F)C(F)(F)OC(F)(F)C(F)(F)C(F)(F)OC(F)(F)C(F)(F)COCC(O)COCC(F)(F)C(F)(F)OC(F)(F)C(F)(F)C(F)(F)OC(F)(F)C(F)(F)COCC(O)CCCCCO. The quantitative estimate of drug-likeness (QED) is 0.0290. The number of hydrogen-bond acceptors (Lipinski definition) is 13. The number of hydrogen-bond donors (Lipinski definition) is 5. The first kappa shape index (κ1) is 73.5. The van der Waals surface area contributed by atoms with Crippen LogP contribution in [0.15, 0.2) is 0 Å². The molecule has 2 unspecified atom stereocenters. The summed E-state index contributed by atoms with van der Waals surface area (Å²) in [6, 6.07) is 0. The van der Waals surface area contributed by atoms with Crippen molar-refractivity contribution in [2.75, 3.05) is 66.1 Å². The number of aliphatic hydroxyl groups excluding tert-OH is 5. The van der Waals surface area contributed by atoms with Crippen molar-refractivity contribution in [1.29, 1.82) is 0 Å². The standard InChI is InChI=1S/C35H44F28O13/c36-22(37,15-69-11-19(66)7-3-1-5-9-64)28(48,49)73-32(56,57)26(44,45)34(60,61)75-30(52,53)24(40,41)17-71-13-21(68)14-72-18-25(42,43)31(54,55)76-35(62,63)27(46,47)33(58,59)74-29(50,51)23(38,39)16-70-12-20(67)8-4-2-6-10-65/h19-21,64-68H,1-18H2. The second-order valence-electron chi connectivity index (χ2n) is 15.7. The summed E-state index contributed by atoms with van der Waals surface area (Å²) in [4.78, 5) is 0. The van der Waals surface area contributed by atoms with E-state index in [1.54, 1.807) is 9.47 Å². The third kappa shape index (κ3) is 20.0. The molecule has 0 aliphatic carbocycles. The first-order valence-electron chi connectivity index (χ1n) is 20.5. The highest BCUT2D eigenvalue weighted by Gasteiger charge is 2.83. The lowest BCUT2D eigenvalue weighted by atomic mass is 10.1. The van der Waals surface area contributed by atoms with E-state index >= 15 is 0 Å². The van der Waals surface area contributed by atoms with Crippen molar-refractivity contribution in [3.63, 3.8) is 0 Å². The van der Waals surface area contributed by atoms with Gasteiger partial charge in [0.15, 0.2) is 0 Å². The van der Waals surface area contributed by atoms with Crippen LogP contribution >= 0.6 is 0 Å². The summed E-state index contributed by atoms with van der Waals surface area (Å²) in [5.41, 5.74) is 0. The molecule has 76 heavy (non-hydrogen) atoms. The number of ether oxygens (including phenoxy) is 8. The molecule has 0 aromatic rings. The van der Waals surface area contributed by atoms with Crippen LogP contribution in [0.5, 0.6) is 0 Å². The molecule has 0 rings (SSSR count). The maximum absolute atomic E-state index is 14.0. The monoisotopic (exact) mass is 1200 g/mol. The topological polar surface area (TPSA) is 175 Å². The molecule has 0 aliphatic rings. The molecule has 2 atom stereocenters. The van der Waals surface area contributed by atoms with Gasteiger partial charge in [0.2, 0.25) is 0 Å². The molecular weight excluding hydrogens is 1160 g/mol. The summed E-state index contributed by atoms with van der Waals surface area (Å²) in [6.45, 7) is -19.8. The number of unbranched alkanes of at least 4 members (excludes halogenated alkanes) is 4. The van der Waals surface area contributed by atoms with E-state index in [4.69, 9.17) is 10.2 Å². The lowest BCUT2D eigenvalue weighted by Crippen LogP contribution is -2.63. The first-order chi connectivity index (χ1) is 33.8. The maximum atomic E-state index is 14.0. The molecule has 0 aliphatic heterocycles. The lowest BCUT2D eigenvalue weighted by molar-refractivity contribution is -0.535. The molecule has 0 fully saturated rings. The summed E-state index contributed by atoms with van der Waals surface area (Å²) < 4.78 is 413. The van der Waals surface area contributed by atoms with Gasteiger partial charge < -0.3 is 44.5 Å². The Morgan fingerprint density at radius 1 is 0.263 bits per heavy atom. The number of rotatable bonds is 42. The zero-order valence-corrected chi connectivity index (χ0v) is 37.5. The van der Waals surface area contributed by atoms with Gasteiger partial charge in [0.1, 0.15) is 32.5 Å². The average Bonchev–Trinajstić information content (AvgIpc) is 3.21. The summed E-state index contributed by atoms with van der Waals surface area (Å²) in [5.74, 6) is -41.8. The number of halogens is 28. The molecular formula is C35H44F28O13. The molecule has 5 N–H and O–H groups in total. The second-order valence-corrected chi connectivity index (χ2v) is 15.7. The van der Waals surface area contributed by atoms with Crippen LogP contribution in [0.25, 0.3) is 0 Å². The Morgan fingerprint density at radius 3 is 0.658 bits per heavy atom. The Morgan fingerprint density at radius 2 is 0.461 bits per heavy atom. The van der Waals surface area contributed by atoms with Crippen molar-refractivity contribution < 1.29 is 186 Å². The maximum Gasteiger partial charge on any atom is 0.433 e. The highest BCUT2D eigenvalue weighted by Crippen LogP contribution is 2.55. The molecule has 13 nitrogen and oxygen atoms in total. The van der Waals surface area contributed by atoms with Gasteiger partial charge in [-0.25, -0.2) is 18.9 Å². The summed E-state index contributed by atoms with van der Waals surface area (Å²) >= 11 is 0. The van der Waals surface area contributed by atoms with E-state index in [0.717, 1.165) is 0 Å². The van der Waals surface area contributed by atoms with Gasteiger partial charge in [-0.3, -0.25) is 0 Å². The van der Waals surface area contributed by atoms with E-state index in [1.807, 2.05) is 9.47 Å². The largest absolute Gasteiger partial charge is 0.433 e. The van der Waals surface area contributed by atoms with E-state index < -0.39 is 156 Å². The van der Waals surface area contributed by atoms with Gasteiger partial charge in [-0.15, -0.1) is 0 Å². The zero-order chi connectivity index (χ0) is 60.1. The van der Waals surface area contributed by atoms with Gasteiger partial charge in [-0.1, -0.05) is 25.7 Å². The van der Waals surface area contributed by atoms with Crippen molar-refractivity contribution in [2.24, 2.45) is 0 Å². The Hall–Kier alpha value is -2.48. The number of alkyl halides is 28. The van der Waals surface area contributed by atoms with Crippen LogP contribution in [-0.4, -0.2) is 194 Å². The normalized spacial score (nSPS) is 16.4. The van der Waals surface area contributed by atoms with Gasteiger partial charge >= 0.3 is 84.4 Å². The fourth-order valence-corrected chi connectivity index (χ4v) is 4.72. The molecule has 0 heterocycles. The summed E-state index contributed by atoms with van der Waals surface area (Å²) in [6.07, 6.45) is -66.2. The van der Waals surface area contributed by atoms with Crippen molar-refractivity contribution in [3.05, 3.63) is 0 Å². The van der Waals surface area contributed by atoms with Crippen molar-refractivity contribution >= 4 is 0 Å². The smallest absolute Gasteiger partial charge is 0.396 e. The molecule has 0 spiro atoms. The molecule has 0 radical (unpaired) electrons. The highest BCUT2D eigenvalue weighted by atomic mass is 19.4.